The van der Waals surface area contributed by atoms with E-state index >= 15 is 0 Å². The summed E-state index contributed by atoms with van der Waals surface area (Å²) in [5.74, 6) is -0.240. The molecule has 2 atom stereocenters. The summed E-state index contributed by atoms with van der Waals surface area (Å²) in [4.78, 5) is 42.9. The molecule has 322 valence electrons. The largest absolute Gasteiger partial charge is 0.469 e. The number of phosphoric ester groups is 1. The minimum absolute atomic E-state index is 0.0587. The van der Waals surface area contributed by atoms with Gasteiger partial charge in [-0.05, 0) is 50.9 Å². The van der Waals surface area contributed by atoms with Gasteiger partial charge in [0, 0.05) is 12.8 Å². The summed E-state index contributed by atoms with van der Waals surface area (Å²) in [5.41, 5.74) is 0. The summed E-state index contributed by atoms with van der Waals surface area (Å²) in [6, 6.07) is 0. The molecule has 9 nitrogen and oxygen atoms in total. The lowest BCUT2D eigenvalue weighted by Gasteiger charge is -2.18. The molecule has 0 aromatic heterocycles. The van der Waals surface area contributed by atoms with Crippen molar-refractivity contribution >= 4 is 19.8 Å². The van der Waals surface area contributed by atoms with Crippen LogP contribution < -0.4 is 0 Å². The molecule has 0 aliphatic rings. The molecule has 0 saturated carbocycles. The lowest BCUT2D eigenvalue weighted by atomic mass is 10.0. The number of carbonyl (C=O) groups is 2. The van der Waals surface area contributed by atoms with E-state index < -0.39 is 38.6 Å². The van der Waals surface area contributed by atoms with Crippen LogP contribution in [0.3, 0.4) is 0 Å². The van der Waals surface area contributed by atoms with Gasteiger partial charge in [0.05, 0.1) is 12.7 Å². The van der Waals surface area contributed by atoms with E-state index in [1.54, 1.807) is 18.2 Å². The van der Waals surface area contributed by atoms with E-state index in [1.165, 1.54) is 77.0 Å². The van der Waals surface area contributed by atoms with E-state index in [4.69, 9.17) is 19.3 Å². The first-order valence-electron chi connectivity index (χ1n) is 21.7. The van der Waals surface area contributed by atoms with Crippen molar-refractivity contribution in [3.8, 4) is 0 Å². The van der Waals surface area contributed by atoms with Crippen molar-refractivity contribution in [3.63, 3.8) is 0 Å². The third-order valence-electron chi connectivity index (χ3n) is 9.01. The molecule has 10 heteroatoms. The number of esters is 2. The van der Waals surface area contributed by atoms with E-state index in [0.717, 1.165) is 50.9 Å². The Labute approximate surface area is 341 Å². The number of ether oxygens (including phenoxy) is 2. The molecule has 0 saturated heterocycles. The Morgan fingerprint density at radius 3 is 1.66 bits per heavy atom. The molecule has 0 heterocycles. The molecule has 0 aliphatic carbocycles. The average molecular weight is 807 g/mol. The topological polar surface area (TPSA) is 140 Å². The van der Waals surface area contributed by atoms with Crippen molar-refractivity contribution in [3.05, 3.63) is 72.9 Å². The quantitative estimate of drug-likeness (QED) is 0.0183. The van der Waals surface area contributed by atoms with E-state index in [9.17, 15) is 19.3 Å². The number of carbonyl (C=O) groups excluding carboxylic acids is 2. The Kier molecular flexibility index (Phi) is 37.5. The van der Waals surface area contributed by atoms with Crippen LogP contribution in [0.15, 0.2) is 72.9 Å². The number of hydrogen-bond acceptors (Lipinski definition) is 7. The summed E-state index contributed by atoms with van der Waals surface area (Å²) in [6.07, 6.45) is 46.6. The molecule has 0 fully saturated rings. The number of allylic oxidation sites excluding steroid dienone is 10. The molecule has 1 unspecified atom stereocenters. The summed E-state index contributed by atoms with van der Waals surface area (Å²) >= 11 is 0. The third-order valence-corrected chi connectivity index (χ3v) is 9.50. The molecule has 56 heavy (non-hydrogen) atoms. The number of rotatable bonds is 38. The zero-order valence-corrected chi connectivity index (χ0v) is 36.2. The van der Waals surface area contributed by atoms with Crippen LogP contribution in [0.4, 0.5) is 0 Å². The second kappa shape index (κ2) is 39.3. The van der Waals surface area contributed by atoms with Gasteiger partial charge in [-0.25, -0.2) is 4.57 Å². The second-order valence-electron chi connectivity index (χ2n) is 15.0. The third kappa shape index (κ3) is 42.6. The first-order chi connectivity index (χ1) is 27.0. The fourth-order valence-corrected chi connectivity index (χ4v) is 6.15. The molecule has 0 radical (unpaired) electrons. The van der Waals surface area contributed by atoms with Gasteiger partial charge in [-0.1, -0.05) is 190 Å². The molecule has 0 aromatic rings. The van der Waals surface area contributed by atoms with Crippen LogP contribution in [0.2, 0.25) is 0 Å². The van der Waals surface area contributed by atoms with Crippen molar-refractivity contribution in [2.45, 2.75) is 187 Å². The van der Waals surface area contributed by atoms with Crippen LogP contribution >= 0.6 is 7.82 Å². The molecule has 0 aromatic carbocycles. The summed E-state index contributed by atoms with van der Waals surface area (Å²) in [6.45, 7) is 5.76. The highest BCUT2D eigenvalue weighted by Gasteiger charge is 2.22. The van der Waals surface area contributed by atoms with E-state index in [2.05, 4.69) is 61.8 Å². The number of aliphatic hydroxyl groups excluding tert-OH is 1. The Morgan fingerprint density at radius 1 is 0.607 bits per heavy atom. The molecule has 0 spiro atoms. The van der Waals surface area contributed by atoms with Crippen molar-refractivity contribution in [2.24, 2.45) is 5.92 Å². The van der Waals surface area contributed by atoms with Crippen molar-refractivity contribution in [1.29, 1.82) is 0 Å². The fraction of sp³-hybridized carbons (Fsp3) is 0.696. The van der Waals surface area contributed by atoms with Crippen molar-refractivity contribution < 1.29 is 43.0 Å². The van der Waals surface area contributed by atoms with E-state index in [-0.39, 0.29) is 19.4 Å². The van der Waals surface area contributed by atoms with Gasteiger partial charge in [-0.3, -0.25) is 14.1 Å². The fourth-order valence-electron chi connectivity index (χ4n) is 5.79. The predicted molar refractivity (Wildman–Crippen MR) is 231 cm³/mol. The minimum atomic E-state index is -4.80. The van der Waals surface area contributed by atoms with Crippen LogP contribution in [0.1, 0.15) is 175 Å². The normalized spacial score (nSPS) is 13.8. The molecule has 0 rings (SSSR count). The van der Waals surface area contributed by atoms with Crippen LogP contribution in [-0.2, 0) is 28.2 Å². The van der Waals surface area contributed by atoms with Gasteiger partial charge >= 0.3 is 19.8 Å². The molecule has 0 aliphatic heterocycles. The van der Waals surface area contributed by atoms with Gasteiger partial charge in [-0.15, -0.1) is 0 Å². The number of phosphoric acid groups is 1. The van der Waals surface area contributed by atoms with Gasteiger partial charge in [0.25, 0.3) is 0 Å². The lowest BCUT2D eigenvalue weighted by molar-refractivity contribution is -0.161. The van der Waals surface area contributed by atoms with Gasteiger partial charge in [0.15, 0.2) is 6.10 Å². The van der Waals surface area contributed by atoms with E-state index in [0.29, 0.717) is 19.3 Å². The summed E-state index contributed by atoms with van der Waals surface area (Å²) in [5, 5.41) is 10.1. The number of aliphatic hydroxyl groups is 1. The molecular formula is C46H79O9P. The zero-order chi connectivity index (χ0) is 41.4. The molecule has 3 N–H and O–H groups in total. The Balaban J connectivity index is 4.11. The molecule has 0 bridgehead atoms. The lowest BCUT2D eigenvalue weighted by Crippen LogP contribution is -2.29. The van der Waals surface area contributed by atoms with Crippen LogP contribution in [0.5, 0.6) is 0 Å². The Morgan fingerprint density at radius 2 is 1.12 bits per heavy atom. The molecule has 0 amide bonds. The summed E-state index contributed by atoms with van der Waals surface area (Å²) in [7, 11) is -4.80. The monoisotopic (exact) mass is 807 g/mol. The maximum atomic E-state index is 12.4. The maximum Gasteiger partial charge on any atom is 0.469 e. The second-order valence-corrected chi connectivity index (χ2v) is 16.2. The van der Waals surface area contributed by atoms with Gasteiger partial charge in [0.2, 0.25) is 0 Å². The van der Waals surface area contributed by atoms with Crippen molar-refractivity contribution in [1.82, 2.24) is 0 Å². The van der Waals surface area contributed by atoms with Crippen LogP contribution in [-0.4, -0.2) is 52.3 Å². The molecular weight excluding hydrogens is 727 g/mol. The highest BCUT2D eigenvalue weighted by atomic mass is 31.2. The highest BCUT2D eigenvalue weighted by molar-refractivity contribution is 7.46. The first-order valence-corrected chi connectivity index (χ1v) is 23.2. The summed E-state index contributed by atoms with van der Waals surface area (Å²) < 4.78 is 26.3. The van der Waals surface area contributed by atoms with Gasteiger partial charge in [0.1, 0.15) is 6.61 Å². The van der Waals surface area contributed by atoms with Crippen LogP contribution in [0, 0.1) is 5.92 Å². The van der Waals surface area contributed by atoms with E-state index in [1.807, 2.05) is 18.2 Å². The number of unbranched alkanes of at least 4 members (excludes halogenated alkanes) is 14. The predicted octanol–water partition coefficient (Wildman–Crippen LogP) is 12.3. The SMILES string of the molecule is CC/C=C\C/C=C\C/C=C\C/C=C\C=C/C(O)C/C=C\CCC(=O)OC[C@H](COP(=O)(O)O)OC(=O)CCCCCCCCCCCCCCCCCC(C)C. The Bertz CT molecular complexity index is 1170. The van der Waals surface area contributed by atoms with Crippen LogP contribution in [0.25, 0.3) is 0 Å². The van der Waals surface area contributed by atoms with Crippen molar-refractivity contribution in [2.75, 3.05) is 13.2 Å². The average Bonchev–Trinajstić information content (AvgIpc) is 3.15. The van der Waals surface area contributed by atoms with Gasteiger partial charge in [-0.2, -0.15) is 0 Å². The zero-order valence-electron chi connectivity index (χ0n) is 35.3. The standard InChI is InChI=1S/C46H79O9P/c1-4-5-6-7-8-9-10-14-18-21-24-27-31-36-43(47)37-32-29-34-38-45(48)53-40-44(41-54-56(50,51)52)55-46(49)39-33-28-25-22-19-16-13-11-12-15-17-20-23-26-30-35-42(2)3/h5-6,8-9,14,18,24,27,29,31-32,36,42-44,47H,4,7,10-13,15-17,19-23,25-26,28,30,33-35,37-41H2,1-3H3,(H2,50,51,52)/b6-5-,9-8-,18-14-,27-24-,32-29-,36-31-/t43?,44-/m1/s1. The first kappa shape index (κ1) is 53.5. The smallest absolute Gasteiger partial charge is 0.462 e. The number of hydrogen-bond donors (Lipinski definition) is 3. The maximum absolute atomic E-state index is 12.4. The Hall–Kier alpha value is -2.55. The van der Waals surface area contributed by atoms with Gasteiger partial charge < -0.3 is 24.4 Å². The minimum Gasteiger partial charge on any atom is -0.462 e. The highest BCUT2D eigenvalue weighted by Crippen LogP contribution is 2.36.